The van der Waals surface area contributed by atoms with E-state index in [4.69, 9.17) is 11.6 Å². The fourth-order valence-electron chi connectivity index (χ4n) is 3.89. The fraction of sp³-hybridized carbons (Fsp3) is 0.647. The van der Waals surface area contributed by atoms with E-state index < -0.39 is 0 Å². The molecule has 0 radical (unpaired) electrons. The van der Waals surface area contributed by atoms with E-state index in [0.717, 1.165) is 31.6 Å². The van der Waals surface area contributed by atoms with Gasteiger partial charge in [-0.25, -0.2) is 4.39 Å². The Bertz CT molecular complexity index is 500. The van der Waals surface area contributed by atoms with Crippen molar-refractivity contribution in [3.05, 3.63) is 34.6 Å². The van der Waals surface area contributed by atoms with Crippen LogP contribution in [0.25, 0.3) is 0 Å². The van der Waals surface area contributed by atoms with Gasteiger partial charge in [0.05, 0.1) is 0 Å². The zero-order valence-corrected chi connectivity index (χ0v) is 13.4. The Morgan fingerprint density at radius 2 is 2.14 bits per heavy atom. The van der Waals surface area contributed by atoms with Crippen LogP contribution in [0.5, 0.6) is 0 Å². The van der Waals surface area contributed by atoms with Crippen LogP contribution in [0, 0.1) is 5.82 Å². The fourth-order valence-corrected chi connectivity index (χ4v) is 4.07. The number of benzene rings is 1. The lowest BCUT2D eigenvalue weighted by atomic mass is 9.91. The normalized spacial score (nSPS) is 25.6. The van der Waals surface area contributed by atoms with Crippen LogP contribution < -0.4 is 5.32 Å². The van der Waals surface area contributed by atoms with Crippen LogP contribution in [0.1, 0.15) is 44.6 Å². The van der Waals surface area contributed by atoms with Gasteiger partial charge in [-0.3, -0.25) is 4.90 Å². The molecule has 2 aliphatic rings. The predicted molar refractivity (Wildman–Crippen MR) is 85.1 cm³/mol. The highest BCUT2D eigenvalue weighted by molar-refractivity contribution is 6.31. The third kappa shape index (κ3) is 3.25. The molecule has 0 aromatic heterocycles. The van der Waals surface area contributed by atoms with Gasteiger partial charge in [-0.15, -0.1) is 0 Å². The van der Waals surface area contributed by atoms with Gasteiger partial charge in [0.1, 0.15) is 5.82 Å². The molecular weight excluding hydrogens is 287 g/mol. The molecule has 2 nitrogen and oxygen atoms in total. The molecule has 0 amide bonds. The highest BCUT2D eigenvalue weighted by Gasteiger charge is 2.40. The summed E-state index contributed by atoms with van der Waals surface area (Å²) < 4.78 is 13.5. The molecule has 1 atom stereocenters. The molecule has 0 bridgehead atoms. The van der Waals surface area contributed by atoms with Crippen LogP contribution in [-0.4, -0.2) is 29.6 Å². The summed E-state index contributed by atoms with van der Waals surface area (Å²) in [5.41, 5.74) is 1.19. The number of hydrogen-bond donors (Lipinski definition) is 1. The number of hydrogen-bond acceptors (Lipinski definition) is 2. The van der Waals surface area contributed by atoms with Crippen molar-refractivity contribution in [3.8, 4) is 0 Å². The molecule has 1 aromatic rings. The lowest BCUT2D eigenvalue weighted by Crippen LogP contribution is -2.62. The minimum absolute atomic E-state index is 0.201. The monoisotopic (exact) mass is 310 g/mol. The topological polar surface area (TPSA) is 15.3 Å². The van der Waals surface area contributed by atoms with Crippen LogP contribution in [0.3, 0.4) is 0 Å². The molecule has 4 heteroatoms. The first-order valence-electron chi connectivity index (χ1n) is 8.05. The predicted octanol–water partition coefficient (Wildman–Crippen LogP) is 3.98. The van der Waals surface area contributed by atoms with E-state index in [1.807, 2.05) is 0 Å². The number of nitrogens with zero attached hydrogens (tertiary/aromatic N) is 1. The lowest BCUT2D eigenvalue weighted by molar-refractivity contribution is 0.0718. The molecule has 1 unspecified atom stereocenters. The molecule has 1 aliphatic heterocycles. The number of halogens is 2. The molecule has 1 aromatic carbocycles. The van der Waals surface area contributed by atoms with E-state index in [0.29, 0.717) is 11.1 Å². The molecule has 2 fully saturated rings. The molecule has 1 aliphatic carbocycles. The Labute approximate surface area is 131 Å². The Hall–Kier alpha value is -0.640. The Balaban J connectivity index is 1.78. The third-order valence-corrected chi connectivity index (χ3v) is 5.52. The molecule has 1 spiro atoms. The van der Waals surface area contributed by atoms with Crippen molar-refractivity contribution in [3.63, 3.8) is 0 Å². The van der Waals surface area contributed by atoms with E-state index in [1.54, 1.807) is 12.1 Å². The average molecular weight is 311 g/mol. The summed E-state index contributed by atoms with van der Waals surface area (Å²) in [6.45, 7) is 5.06. The van der Waals surface area contributed by atoms with Crippen molar-refractivity contribution in [2.24, 2.45) is 0 Å². The van der Waals surface area contributed by atoms with Gasteiger partial charge in [-0.1, -0.05) is 31.4 Å². The zero-order chi connectivity index (χ0) is 14.9. The second-order valence-corrected chi connectivity index (χ2v) is 6.98. The summed E-state index contributed by atoms with van der Waals surface area (Å²) in [5.74, 6) is -0.201. The molecule has 116 valence electrons. The summed E-state index contributed by atoms with van der Waals surface area (Å²) in [6, 6.07) is 5.19. The van der Waals surface area contributed by atoms with Crippen molar-refractivity contribution < 1.29 is 4.39 Å². The van der Waals surface area contributed by atoms with Gasteiger partial charge in [0, 0.05) is 36.2 Å². The van der Waals surface area contributed by atoms with Crippen molar-refractivity contribution in [2.45, 2.75) is 57.2 Å². The highest BCUT2D eigenvalue weighted by atomic mass is 35.5. The Kier molecular flexibility index (Phi) is 4.53. The Morgan fingerprint density at radius 1 is 1.38 bits per heavy atom. The minimum Gasteiger partial charge on any atom is -0.308 e. The first-order valence-corrected chi connectivity index (χ1v) is 8.43. The first-order chi connectivity index (χ1) is 10.1. The first kappa shape index (κ1) is 15.3. The SMILES string of the molecule is CCC1CNC2(CCCC2)CN1Cc1cc(F)ccc1Cl. The molecule has 1 saturated heterocycles. The van der Waals surface area contributed by atoms with Crippen molar-refractivity contribution >= 4 is 11.6 Å². The maximum Gasteiger partial charge on any atom is 0.123 e. The smallest absolute Gasteiger partial charge is 0.123 e. The van der Waals surface area contributed by atoms with Crippen molar-refractivity contribution in [1.29, 1.82) is 0 Å². The third-order valence-electron chi connectivity index (χ3n) is 5.15. The quantitative estimate of drug-likeness (QED) is 0.908. The van der Waals surface area contributed by atoms with Gasteiger partial charge >= 0.3 is 0 Å². The van der Waals surface area contributed by atoms with Gasteiger partial charge in [0.25, 0.3) is 0 Å². The number of piperazine rings is 1. The van der Waals surface area contributed by atoms with Gasteiger partial charge in [0.15, 0.2) is 0 Å². The van der Waals surface area contributed by atoms with E-state index in [2.05, 4.69) is 17.1 Å². The van der Waals surface area contributed by atoms with Gasteiger partial charge < -0.3 is 5.32 Å². The van der Waals surface area contributed by atoms with Crippen LogP contribution >= 0.6 is 11.6 Å². The van der Waals surface area contributed by atoms with E-state index in [9.17, 15) is 4.39 Å². The van der Waals surface area contributed by atoms with Gasteiger partial charge in [-0.2, -0.15) is 0 Å². The molecule has 21 heavy (non-hydrogen) atoms. The zero-order valence-electron chi connectivity index (χ0n) is 12.7. The molecule has 3 rings (SSSR count). The Morgan fingerprint density at radius 3 is 2.86 bits per heavy atom. The summed E-state index contributed by atoms with van der Waals surface area (Å²) in [7, 11) is 0. The van der Waals surface area contributed by atoms with Crippen LogP contribution in [0.2, 0.25) is 5.02 Å². The van der Waals surface area contributed by atoms with Crippen LogP contribution in [0.15, 0.2) is 18.2 Å². The molecule has 1 heterocycles. The number of nitrogens with one attached hydrogen (secondary N) is 1. The summed E-state index contributed by atoms with van der Waals surface area (Å²) in [5, 5.41) is 4.46. The van der Waals surface area contributed by atoms with E-state index in [-0.39, 0.29) is 11.4 Å². The van der Waals surface area contributed by atoms with Crippen LogP contribution in [0.4, 0.5) is 4.39 Å². The average Bonchev–Trinajstić information content (AvgIpc) is 2.91. The highest BCUT2D eigenvalue weighted by Crippen LogP contribution is 2.34. The largest absolute Gasteiger partial charge is 0.308 e. The van der Waals surface area contributed by atoms with E-state index in [1.165, 1.54) is 31.7 Å². The second-order valence-electron chi connectivity index (χ2n) is 6.57. The van der Waals surface area contributed by atoms with Gasteiger partial charge in [0.2, 0.25) is 0 Å². The number of rotatable bonds is 3. The standard InChI is InChI=1S/C17H24ClFN2/c1-2-15-10-20-17(7-3-4-8-17)12-21(15)11-13-9-14(19)5-6-16(13)18/h5-6,9,15,20H,2-4,7-8,10-12H2,1H3. The van der Waals surface area contributed by atoms with Crippen molar-refractivity contribution in [2.75, 3.05) is 13.1 Å². The minimum atomic E-state index is -0.201. The molecular formula is C17H24ClFN2. The maximum atomic E-state index is 13.5. The van der Waals surface area contributed by atoms with Crippen LogP contribution in [-0.2, 0) is 6.54 Å². The van der Waals surface area contributed by atoms with Gasteiger partial charge in [-0.05, 0) is 43.0 Å². The summed E-state index contributed by atoms with van der Waals surface area (Å²) in [6.07, 6.45) is 6.26. The van der Waals surface area contributed by atoms with E-state index >= 15 is 0 Å². The molecule has 1 saturated carbocycles. The second kappa shape index (κ2) is 6.23. The molecule has 1 N–H and O–H groups in total. The maximum absolute atomic E-state index is 13.5. The lowest BCUT2D eigenvalue weighted by Gasteiger charge is -2.46. The summed E-state index contributed by atoms with van der Waals surface area (Å²) >= 11 is 6.25. The van der Waals surface area contributed by atoms with Crippen molar-refractivity contribution in [1.82, 2.24) is 10.2 Å². The summed E-state index contributed by atoms with van der Waals surface area (Å²) in [4.78, 5) is 2.50.